The second-order valence-electron chi connectivity index (χ2n) is 5.46. The Hall–Kier alpha value is -3.42. The predicted octanol–water partition coefficient (Wildman–Crippen LogP) is 3.09. The first-order valence-electron chi connectivity index (χ1n) is 8.48. The van der Waals surface area contributed by atoms with Crippen molar-refractivity contribution in [2.75, 3.05) is 13.2 Å². The average molecular weight is 371 g/mol. The molecule has 0 radical (unpaired) electrons. The van der Waals surface area contributed by atoms with Crippen molar-refractivity contribution in [2.24, 2.45) is 5.10 Å². The van der Waals surface area contributed by atoms with Gasteiger partial charge in [-0.2, -0.15) is 5.10 Å². The van der Waals surface area contributed by atoms with Crippen LogP contribution in [0, 0.1) is 10.1 Å². The highest BCUT2D eigenvalue weighted by Gasteiger charge is 2.07. The molecule has 0 aliphatic carbocycles. The standard InChI is InChI=1S/C19H21N3O5/c1-3-26-17-10-7-15(18(12-17)27-4-2)13-20-21-19(23)11-14-5-8-16(9-6-14)22(24)25/h5-10,12-13H,3-4,11H2,1-2H3,(H,21,23)/b20-13+. The maximum atomic E-state index is 12.0. The third-order valence-corrected chi connectivity index (χ3v) is 3.50. The number of rotatable bonds is 9. The maximum Gasteiger partial charge on any atom is 0.269 e. The van der Waals surface area contributed by atoms with Gasteiger partial charge in [0.2, 0.25) is 5.91 Å². The van der Waals surface area contributed by atoms with Crippen LogP contribution in [0.1, 0.15) is 25.0 Å². The highest BCUT2D eigenvalue weighted by Crippen LogP contribution is 2.24. The zero-order chi connectivity index (χ0) is 19.6. The van der Waals surface area contributed by atoms with Crippen LogP contribution in [0.5, 0.6) is 11.5 Å². The van der Waals surface area contributed by atoms with Crippen LogP contribution in [-0.4, -0.2) is 30.3 Å². The molecule has 2 aromatic carbocycles. The Kier molecular flexibility index (Phi) is 7.30. The minimum atomic E-state index is -0.485. The number of ether oxygens (including phenoxy) is 2. The number of hydrazone groups is 1. The van der Waals surface area contributed by atoms with Gasteiger partial charge in [0, 0.05) is 23.8 Å². The number of amides is 1. The molecule has 0 atom stereocenters. The van der Waals surface area contributed by atoms with E-state index >= 15 is 0 Å². The van der Waals surface area contributed by atoms with E-state index in [-0.39, 0.29) is 18.0 Å². The Morgan fingerprint density at radius 1 is 1.15 bits per heavy atom. The Labute approximate surface area is 157 Å². The van der Waals surface area contributed by atoms with Crippen molar-refractivity contribution in [1.29, 1.82) is 0 Å². The predicted molar refractivity (Wildman–Crippen MR) is 101 cm³/mol. The van der Waals surface area contributed by atoms with Gasteiger partial charge in [0.15, 0.2) is 0 Å². The molecule has 1 N–H and O–H groups in total. The SMILES string of the molecule is CCOc1ccc(/C=N/NC(=O)Cc2ccc([N+](=O)[O-])cc2)c(OCC)c1. The van der Waals surface area contributed by atoms with Gasteiger partial charge in [0.05, 0.1) is 30.8 Å². The number of carbonyl (C=O) groups excluding carboxylic acids is 1. The van der Waals surface area contributed by atoms with E-state index in [4.69, 9.17) is 9.47 Å². The van der Waals surface area contributed by atoms with E-state index in [9.17, 15) is 14.9 Å². The molecule has 0 aliphatic rings. The minimum absolute atomic E-state index is 0.0175. The smallest absolute Gasteiger partial charge is 0.269 e. The van der Waals surface area contributed by atoms with Gasteiger partial charge < -0.3 is 9.47 Å². The van der Waals surface area contributed by atoms with Gasteiger partial charge in [-0.25, -0.2) is 5.43 Å². The van der Waals surface area contributed by atoms with Gasteiger partial charge in [-0.1, -0.05) is 12.1 Å². The molecule has 0 saturated carbocycles. The zero-order valence-electron chi connectivity index (χ0n) is 15.2. The minimum Gasteiger partial charge on any atom is -0.494 e. The topological polar surface area (TPSA) is 103 Å². The Morgan fingerprint density at radius 2 is 1.85 bits per heavy atom. The van der Waals surface area contributed by atoms with Gasteiger partial charge in [-0.15, -0.1) is 0 Å². The monoisotopic (exact) mass is 371 g/mol. The lowest BCUT2D eigenvalue weighted by atomic mass is 10.1. The summed E-state index contributed by atoms with van der Waals surface area (Å²) in [5.41, 5.74) is 3.78. The largest absolute Gasteiger partial charge is 0.494 e. The van der Waals surface area contributed by atoms with Gasteiger partial charge in [-0.3, -0.25) is 14.9 Å². The molecular formula is C19H21N3O5. The summed E-state index contributed by atoms with van der Waals surface area (Å²) in [6.45, 7) is 4.82. The molecule has 27 heavy (non-hydrogen) atoms. The number of nitrogens with zero attached hydrogens (tertiary/aromatic N) is 2. The lowest BCUT2D eigenvalue weighted by molar-refractivity contribution is -0.384. The molecule has 0 unspecified atom stereocenters. The number of hydrogen-bond donors (Lipinski definition) is 1. The second kappa shape index (κ2) is 9.91. The number of nitro groups is 1. The Bertz CT molecular complexity index is 819. The zero-order valence-corrected chi connectivity index (χ0v) is 15.2. The Morgan fingerprint density at radius 3 is 2.48 bits per heavy atom. The van der Waals surface area contributed by atoms with Crippen LogP contribution < -0.4 is 14.9 Å². The molecule has 0 saturated heterocycles. The van der Waals surface area contributed by atoms with Crippen molar-refractivity contribution in [3.8, 4) is 11.5 Å². The number of benzene rings is 2. The van der Waals surface area contributed by atoms with Crippen molar-refractivity contribution < 1.29 is 19.2 Å². The van der Waals surface area contributed by atoms with Gasteiger partial charge >= 0.3 is 0 Å². The van der Waals surface area contributed by atoms with Crippen LogP contribution in [-0.2, 0) is 11.2 Å². The molecule has 1 amide bonds. The molecule has 2 rings (SSSR count). The van der Waals surface area contributed by atoms with Gasteiger partial charge in [0.25, 0.3) is 5.69 Å². The van der Waals surface area contributed by atoms with Crippen molar-refractivity contribution in [1.82, 2.24) is 5.43 Å². The number of nitrogens with one attached hydrogen (secondary N) is 1. The summed E-state index contributed by atoms with van der Waals surface area (Å²) in [5.74, 6) is 0.973. The second-order valence-corrected chi connectivity index (χ2v) is 5.46. The van der Waals surface area contributed by atoms with E-state index in [0.717, 1.165) is 0 Å². The molecule has 0 aromatic heterocycles. The fraction of sp³-hybridized carbons (Fsp3) is 0.263. The van der Waals surface area contributed by atoms with Crippen LogP contribution in [0.2, 0.25) is 0 Å². The lowest BCUT2D eigenvalue weighted by Gasteiger charge is -2.10. The van der Waals surface area contributed by atoms with Crippen LogP contribution in [0.4, 0.5) is 5.69 Å². The molecule has 0 fully saturated rings. The third-order valence-electron chi connectivity index (χ3n) is 3.50. The summed E-state index contributed by atoms with van der Waals surface area (Å²) in [4.78, 5) is 22.1. The lowest BCUT2D eigenvalue weighted by Crippen LogP contribution is -2.19. The summed E-state index contributed by atoms with van der Waals surface area (Å²) in [6, 6.07) is 11.2. The first-order valence-corrected chi connectivity index (χ1v) is 8.48. The summed E-state index contributed by atoms with van der Waals surface area (Å²) >= 11 is 0. The summed E-state index contributed by atoms with van der Waals surface area (Å²) in [6.07, 6.45) is 1.56. The van der Waals surface area contributed by atoms with Crippen molar-refractivity contribution >= 4 is 17.8 Å². The summed E-state index contributed by atoms with van der Waals surface area (Å²) < 4.78 is 11.0. The molecule has 8 heteroatoms. The fourth-order valence-corrected chi connectivity index (χ4v) is 2.29. The third kappa shape index (κ3) is 6.10. The molecule has 142 valence electrons. The van der Waals surface area contributed by atoms with Crippen molar-refractivity contribution in [2.45, 2.75) is 20.3 Å². The maximum absolute atomic E-state index is 12.0. The first kappa shape index (κ1) is 19.9. The van der Waals surface area contributed by atoms with E-state index < -0.39 is 4.92 Å². The average Bonchev–Trinajstić information content (AvgIpc) is 2.64. The fourth-order valence-electron chi connectivity index (χ4n) is 2.29. The van der Waals surface area contributed by atoms with Crippen molar-refractivity contribution in [3.05, 3.63) is 63.7 Å². The molecule has 0 aliphatic heterocycles. The van der Waals surface area contributed by atoms with E-state index in [1.54, 1.807) is 30.3 Å². The highest BCUT2D eigenvalue weighted by molar-refractivity contribution is 5.86. The molecule has 2 aromatic rings. The van der Waals surface area contributed by atoms with Crippen molar-refractivity contribution in [3.63, 3.8) is 0 Å². The van der Waals surface area contributed by atoms with Crippen LogP contribution in [0.25, 0.3) is 0 Å². The summed E-state index contributed by atoms with van der Waals surface area (Å²) in [7, 11) is 0. The van der Waals surface area contributed by atoms with E-state index in [1.807, 2.05) is 13.8 Å². The van der Waals surface area contributed by atoms with Gasteiger partial charge in [-0.05, 0) is 31.5 Å². The van der Waals surface area contributed by atoms with Crippen LogP contribution in [0.15, 0.2) is 47.6 Å². The Balaban J connectivity index is 1.97. The molecular weight excluding hydrogens is 350 g/mol. The molecule has 8 nitrogen and oxygen atoms in total. The normalized spacial score (nSPS) is 10.6. The number of nitro benzene ring substituents is 1. The molecule has 0 spiro atoms. The quantitative estimate of drug-likeness (QED) is 0.414. The summed E-state index contributed by atoms with van der Waals surface area (Å²) in [5, 5.41) is 14.6. The highest BCUT2D eigenvalue weighted by atomic mass is 16.6. The molecule has 0 heterocycles. The van der Waals surface area contributed by atoms with E-state index in [1.165, 1.54) is 18.3 Å². The van der Waals surface area contributed by atoms with Crippen LogP contribution >= 0.6 is 0 Å². The van der Waals surface area contributed by atoms with E-state index in [2.05, 4.69) is 10.5 Å². The first-order chi connectivity index (χ1) is 13.0. The molecule has 0 bridgehead atoms. The van der Waals surface area contributed by atoms with Crippen LogP contribution in [0.3, 0.4) is 0 Å². The number of non-ortho nitro benzene ring substituents is 1. The number of hydrogen-bond acceptors (Lipinski definition) is 6. The van der Waals surface area contributed by atoms with Gasteiger partial charge in [0.1, 0.15) is 11.5 Å². The van der Waals surface area contributed by atoms with E-state index in [0.29, 0.717) is 35.8 Å². The number of carbonyl (C=O) groups is 1.